The van der Waals surface area contributed by atoms with Gasteiger partial charge in [-0.1, -0.05) is 12.1 Å². The van der Waals surface area contributed by atoms with Gasteiger partial charge in [-0.3, -0.25) is 4.79 Å². The van der Waals surface area contributed by atoms with E-state index in [2.05, 4.69) is 5.32 Å². The molecule has 0 atom stereocenters. The van der Waals surface area contributed by atoms with Crippen LogP contribution in [0.5, 0.6) is 5.75 Å². The van der Waals surface area contributed by atoms with Crippen molar-refractivity contribution in [1.29, 1.82) is 0 Å². The van der Waals surface area contributed by atoms with Gasteiger partial charge >= 0.3 is 0 Å². The highest BCUT2D eigenvalue weighted by Gasteiger charge is 2.06. The second-order valence-corrected chi connectivity index (χ2v) is 5.32. The van der Waals surface area contributed by atoms with Crippen LogP contribution in [0, 0.1) is 5.82 Å². The molecule has 1 N–H and O–H groups in total. The van der Waals surface area contributed by atoms with Crippen molar-refractivity contribution in [2.24, 2.45) is 0 Å². The molecule has 0 spiro atoms. The lowest BCUT2D eigenvalue weighted by atomic mass is 10.1. The molecule has 2 aromatic carbocycles. The molecule has 1 amide bonds. The van der Waals surface area contributed by atoms with Crippen molar-refractivity contribution in [3.05, 3.63) is 65.5 Å². The summed E-state index contributed by atoms with van der Waals surface area (Å²) in [6, 6.07) is 13.3. The molecule has 3 nitrogen and oxygen atoms in total. The van der Waals surface area contributed by atoms with E-state index in [0.29, 0.717) is 18.5 Å². The summed E-state index contributed by atoms with van der Waals surface area (Å²) >= 11 is 0. The van der Waals surface area contributed by atoms with E-state index in [9.17, 15) is 9.18 Å². The number of halogens is 1. The number of carbonyl (C=O) groups is 1. The Kier molecular flexibility index (Phi) is 5.53. The SMILES string of the molecule is CC(C)Oc1ccc(C(=O)NCCc2ccc(F)cc2)cc1. The maximum absolute atomic E-state index is 12.8. The molecule has 0 aliphatic rings. The van der Waals surface area contributed by atoms with Crippen LogP contribution in [0.3, 0.4) is 0 Å². The third kappa shape index (κ3) is 4.88. The lowest BCUT2D eigenvalue weighted by molar-refractivity contribution is 0.0954. The number of ether oxygens (including phenoxy) is 1. The Morgan fingerprint density at radius 2 is 1.73 bits per heavy atom. The number of hydrogen-bond donors (Lipinski definition) is 1. The van der Waals surface area contributed by atoms with Crippen molar-refractivity contribution >= 4 is 5.91 Å². The van der Waals surface area contributed by atoms with E-state index in [4.69, 9.17) is 4.74 Å². The first-order chi connectivity index (χ1) is 10.5. The first-order valence-corrected chi connectivity index (χ1v) is 7.34. The molecule has 0 radical (unpaired) electrons. The second kappa shape index (κ2) is 7.59. The van der Waals surface area contributed by atoms with Crippen molar-refractivity contribution in [2.45, 2.75) is 26.4 Å². The molecule has 0 aliphatic carbocycles. The Balaban J connectivity index is 1.83. The molecule has 2 aromatic rings. The van der Waals surface area contributed by atoms with Crippen LogP contribution < -0.4 is 10.1 Å². The molecule has 0 unspecified atom stereocenters. The highest BCUT2D eigenvalue weighted by Crippen LogP contribution is 2.13. The fourth-order valence-corrected chi connectivity index (χ4v) is 2.03. The van der Waals surface area contributed by atoms with E-state index >= 15 is 0 Å². The molecule has 0 saturated carbocycles. The van der Waals surface area contributed by atoms with E-state index in [1.807, 2.05) is 13.8 Å². The summed E-state index contributed by atoms with van der Waals surface area (Å²) in [5.74, 6) is 0.368. The zero-order valence-electron chi connectivity index (χ0n) is 12.8. The van der Waals surface area contributed by atoms with Crippen LogP contribution in [-0.4, -0.2) is 18.6 Å². The normalized spacial score (nSPS) is 10.5. The van der Waals surface area contributed by atoms with Crippen molar-refractivity contribution in [1.82, 2.24) is 5.32 Å². The van der Waals surface area contributed by atoms with E-state index in [0.717, 1.165) is 11.3 Å². The minimum absolute atomic E-state index is 0.107. The molecule has 22 heavy (non-hydrogen) atoms. The van der Waals surface area contributed by atoms with E-state index < -0.39 is 0 Å². The summed E-state index contributed by atoms with van der Waals surface area (Å²) < 4.78 is 18.3. The highest BCUT2D eigenvalue weighted by molar-refractivity contribution is 5.94. The van der Waals surface area contributed by atoms with E-state index in [1.165, 1.54) is 12.1 Å². The van der Waals surface area contributed by atoms with Crippen LogP contribution in [0.25, 0.3) is 0 Å². The summed E-state index contributed by atoms with van der Waals surface area (Å²) in [7, 11) is 0. The van der Waals surface area contributed by atoms with Crippen LogP contribution in [0.2, 0.25) is 0 Å². The standard InChI is InChI=1S/C18H20FNO2/c1-13(2)22-17-9-5-15(6-10-17)18(21)20-12-11-14-3-7-16(19)8-4-14/h3-10,13H,11-12H2,1-2H3,(H,20,21). The predicted molar refractivity (Wildman–Crippen MR) is 84.6 cm³/mol. The molecule has 116 valence electrons. The molecule has 0 aromatic heterocycles. The average Bonchev–Trinajstić information content (AvgIpc) is 2.49. The van der Waals surface area contributed by atoms with Gasteiger partial charge < -0.3 is 10.1 Å². The number of benzene rings is 2. The van der Waals surface area contributed by atoms with Crippen molar-refractivity contribution in [3.8, 4) is 5.75 Å². The molecule has 0 heterocycles. The minimum atomic E-state index is -0.253. The van der Waals surface area contributed by atoms with Crippen LogP contribution in [0.4, 0.5) is 4.39 Å². The van der Waals surface area contributed by atoms with Gasteiger partial charge in [-0.05, 0) is 62.2 Å². The van der Waals surface area contributed by atoms with Crippen molar-refractivity contribution in [2.75, 3.05) is 6.54 Å². The summed E-state index contributed by atoms with van der Waals surface area (Å²) in [6.07, 6.45) is 0.774. The van der Waals surface area contributed by atoms with Gasteiger partial charge in [-0.25, -0.2) is 4.39 Å². The smallest absolute Gasteiger partial charge is 0.251 e. The van der Waals surface area contributed by atoms with Crippen LogP contribution in [-0.2, 0) is 6.42 Å². The lowest BCUT2D eigenvalue weighted by Crippen LogP contribution is -2.25. The summed E-state index contributed by atoms with van der Waals surface area (Å²) in [5.41, 5.74) is 1.58. The number of carbonyl (C=O) groups excluding carboxylic acids is 1. The Morgan fingerprint density at radius 3 is 2.32 bits per heavy atom. The molecular formula is C18H20FNO2. The Labute approximate surface area is 130 Å². The Bertz CT molecular complexity index is 606. The van der Waals surface area contributed by atoms with Crippen LogP contribution >= 0.6 is 0 Å². The van der Waals surface area contributed by atoms with Gasteiger partial charge in [0, 0.05) is 12.1 Å². The van der Waals surface area contributed by atoms with Crippen LogP contribution in [0.1, 0.15) is 29.8 Å². The quantitative estimate of drug-likeness (QED) is 0.885. The number of amides is 1. The first-order valence-electron chi connectivity index (χ1n) is 7.34. The third-order valence-electron chi connectivity index (χ3n) is 3.10. The van der Waals surface area contributed by atoms with E-state index in [1.54, 1.807) is 36.4 Å². The molecule has 0 bridgehead atoms. The zero-order chi connectivity index (χ0) is 15.9. The Morgan fingerprint density at radius 1 is 1.09 bits per heavy atom. The van der Waals surface area contributed by atoms with Gasteiger partial charge in [0.05, 0.1) is 6.10 Å². The molecule has 0 saturated heterocycles. The van der Waals surface area contributed by atoms with E-state index in [-0.39, 0.29) is 17.8 Å². The molecule has 2 rings (SSSR count). The highest BCUT2D eigenvalue weighted by atomic mass is 19.1. The second-order valence-electron chi connectivity index (χ2n) is 5.32. The molecule has 4 heteroatoms. The largest absolute Gasteiger partial charge is 0.491 e. The van der Waals surface area contributed by atoms with Crippen molar-refractivity contribution < 1.29 is 13.9 Å². The first kappa shape index (κ1) is 16.0. The Hall–Kier alpha value is -2.36. The maximum atomic E-state index is 12.8. The van der Waals surface area contributed by atoms with Gasteiger partial charge in [0.15, 0.2) is 0 Å². The lowest BCUT2D eigenvalue weighted by Gasteiger charge is -2.10. The molecule has 0 fully saturated rings. The maximum Gasteiger partial charge on any atom is 0.251 e. The van der Waals surface area contributed by atoms with Crippen LogP contribution in [0.15, 0.2) is 48.5 Å². The van der Waals surface area contributed by atoms with Gasteiger partial charge in [0.25, 0.3) is 5.91 Å². The summed E-state index contributed by atoms with van der Waals surface area (Å²) in [5, 5.41) is 2.85. The van der Waals surface area contributed by atoms with Crippen molar-refractivity contribution in [3.63, 3.8) is 0 Å². The fraction of sp³-hybridized carbons (Fsp3) is 0.278. The van der Waals surface area contributed by atoms with Gasteiger partial charge in [-0.2, -0.15) is 0 Å². The van der Waals surface area contributed by atoms with Gasteiger partial charge in [0.1, 0.15) is 11.6 Å². The number of nitrogens with one attached hydrogen (secondary N) is 1. The third-order valence-corrected chi connectivity index (χ3v) is 3.10. The predicted octanol–water partition coefficient (Wildman–Crippen LogP) is 3.59. The topological polar surface area (TPSA) is 38.3 Å². The fourth-order valence-electron chi connectivity index (χ4n) is 2.03. The van der Waals surface area contributed by atoms with Gasteiger partial charge in [-0.15, -0.1) is 0 Å². The number of hydrogen-bond acceptors (Lipinski definition) is 2. The number of rotatable bonds is 6. The zero-order valence-corrected chi connectivity index (χ0v) is 12.8. The molecule has 0 aliphatic heterocycles. The summed E-state index contributed by atoms with van der Waals surface area (Å²) in [6.45, 7) is 4.42. The molecular weight excluding hydrogens is 281 g/mol. The average molecular weight is 301 g/mol. The van der Waals surface area contributed by atoms with Gasteiger partial charge in [0.2, 0.25) is 0 Å². The summed E-state index contributed by atoms with van der Waals surface area (Å²) in [4.78, 5) is 12.0. The monoisotopic (exact) mass is 301 g/mol. The minimum Gasteiger partial charge on any atom is -0.491 e.